The summed E-state index contributed by atoms with van der Waals surface area (Å²) in [5.74, 6) is -1.03. The van der Waals surface area contributed by atoms with Gasteiger partial charge in [0.1, 0.15) is 12.2 Å². The summed E-state index contributed by atoms with van der Waals surface area (Å²) in [6.45, 7) is 13.3. The Labute approximate surface area is 108 Å². The van der Waals surface area contributed by atoms with E-state index in [4.69, 9.17) is 15.2 Å². The van der Waals surface area contributed by atoms with Gasteiger partial charge in [0.05, 0.1) is 6.04 Å². The molecular formula is C13H21NO4. The van der Waals surface area contributed by atoms with Crippen LogP contribution in [0.1, 0.15) is 27.7 Å². The number of hydrogen-bond donors (Lipinski definition) is 1. The maximum Gasteiger partial charge on any atom is 0.333 e. The quantitative estimate of drug-likeness (QED) is 0.572. The number of carbonyl (C=O) groups excluding carboxylic acids is 2. The maximum absolute atomic E-state index is 11.3. The number of rotatable bonds is 6. The number of esters is 2. The van der Waals surface area contributed by atoms with Gasteiger partial charge < -0.3 is 15.2 Å². The van der Waals surface area contributed by atoms with Crippen molar-refractivity contribution in [2.24, 2.45) is 5.73 Å². The molecule has 0 aromatic carbocycles. The second kappa shape index (κ2) is 6.96. The van der Waals surface area contributed by atoms with Crippen LogP contribution in [0.3, 0.4) is 0 Å². The van der Waals surface area contributed by atoms with E-state index in [0.717, 1.165) is 0 Å². The Bertz CT molecular complexity index is 328. The lowest BCUT2D eigenvalue weighted by Crippen LogP contribution is -2.46. The second-order valence-corrected chi connectivity index (χ2v) is 4.36. The summed E-state index contributed by atoms with van der Waals surface area (Å²) < 4.78 is 10.1. The molecule has 0 spiro atoms. The van der Waals surface area contributed by atoms with Gasteiger partial charge in [-0.1, -0.05) is 13.2 Å². The molecule has 0 aliphatic heterocycles. The summed E-state index contributed by atoms with van der Waals surface area (Å²) in [6, 6.07) is -0.614. The van der Waals surface area contributed by atoms with Crippen molar-refractivity contribution in [1.29, 1.82) is 0 Å². The molecular weight excluding hydrogens is 234 g/mol. The van der Waals surface area contributed by atoms with Gasteiger partial charge >= 0.3 is 11.9 Å². The summed E-state index contributed by atoms with van der Waals surface area (Å²) in [5, 5.41) is 0. The minimum atomic E-state index is -0.614. The van der Waals surface area contributed by atoms with Crippen LogP contribution < -0.4 is 5.73 Å². The fourth-order valence-electron chi connectivity index (χ4n) is 1.08. The van der Waals surface area contributed by atoms with Crippen molar-refractivity contribution in [3.05, 3.63) is 24.3 Å². The predicted molar refractivity (Wildman–Crippen MR) is 68.7 cm³/mol. The fraction of sp³-hybridized carbons (Fsp3) is 0.538. The predicted octanol–water partition coefficient (Wildman–Crippen LogP) is 1.33. The highest BCUT2D eigenvalue weighted by Gasteiger charge is 2.26. The minimum absolute atomic E-state index is 0.292. The molecule has 0 heterocycles. The van der Waals surface area contributed by atoms with Gasteiger partial charge in [-0.3, -0.25) is 0 Å². The van der Waals surface area contributed by atoms with Crippen molar-refractivity contribution in [3.8, 4) is 0 Å². The third-order valence-corrected chi connectivity index (χ3v) is 2.37. The van der Waals surface area contributed by atoms with E-state index in [-0.39, 0.29) is 0 Å². The smallest absolute Gasteiger partial charge is 0.333 e. The lowest BCUT2D eigenvalue weighted by molar-refractivity contribution is -0.150. The lowest BCUT2D eigenvalue weighted by Gasteiger charge is -2.25. The Morgan fingerprint density at radius 1 is 0.944 bits per heavy atom. The highest BCUT2D eigenvalue weighted by Crippen LogP contribution is 2.09. The van der Waals surface area contributed by atoms with Gasteiger partial charge in [0.15, 0.2) is 0 Å². The molecule has 0 aliphatic rings. The molecule has 2 unspecified atom stereocenters. The molecule has 0 bridgehead atoms. The minimum Gasteiger partial charge on any atom is -0.458 e. The summed E-state index contributed by atoms with van der Waals surface area (Å²) in [4.78, 5) is 22.6. The van der Waals surface area contributed by atoms with Crippen molar-refractivity contribution >= 4 is 11.9 Å². The summed E-state index contributed by atoms with van der Waals surface area (Å²) in [6.07, 6.45) is -1.16. The highest BCUT2D eigenvalue weighted by atomic mass is 16.6. The molecule has 18 heavy (non-hydrogen) atoms. The number of nitrogens with two attached hydrogens (primary N) is 1. The molecule has 0 saturated carbocycles. The first-order valence-electron chi connectivity index (χ1n) is 5.65. The molecule has 5 nitrogen and oxygen atoms in total. The first kappa shape index (κ1) is 16.4. The zero-order chi connectivity index (χ0) is 14.5. The number of carbonyl (C=O) groups is 2. The van der Waals surface area contributed by atoms with Crippen LogP contribution in [0.25, 0.3) is 0 Å². The average Bonchev–Trinajstić information content (AvgIpc) is 2.27. The third-order valence-electron chi connectivity index (χ3n) is 2.37. The van der Waals surface area contributed by atoms with Crippen LogP contribution in [0.5, 0.6) is 0 Å². The van der Waals surface area contributed by atoms with Crippen LogP contribution in [0.2, 0.25) is 0 Å². The Morgan fingerprint density at radius 3 is 1.44 bits per heavy atom. The van der Waals surface area contributed by atoms with E-state index in [1.807, 2.05) is 0 Å². The van der Waals surface area contributed by atoms with Crippen molar-refractivity contribution in [3.63, 3.8) is 0 Å². The van der Waals surface area contributed by atoms with Crippen LogP contribution in [-0.2, 0) is 19.1 Å². The molecule has 0 aliphatic carbocycles. The summed E-state index contributed by atoms with van der Waals surface area (Å²) in [5.41, 5.74) is 6.43. The van der Waals surface area contributed by atoms with E-state index in [9.17, 15) is 9.59 Å². The van der Waals surface area contributed by atoms with Crippen molar-refractivity contribution < 1.29 is 19.1 Å². The average molecular weight is 255 g/mol. The zero-order valence-corrected chi connectivity index (χ0v) is 11.4. The Balaban J connectivity index is 4.41. The standard InChI is InChI=1S/C13H21NO4/c1-7(2)12(15)17-9(5)11(14)10(6)18-13(16)8(3)4/h9-11H,1,3,14H2,2,4-6H3. The monoisotopic (exact) mass is 255 g/mol. The summed E-state index contributed by atoms with van der Waals surface area (Å²) >= 11 is 0. The SMILES string of the molecule is C=C(C)C(=O)OC(C)C(N)C(C)OC(=O)C(=C)C. The van der Waals surface area contributed by atoms with Gasteiger partial charge in [-0.05, 0) is 27.7 Å². The molecule has 0 aromatic rings. The fourth-order valence-corrected chi connectivity index (χ4v) is 1.08. The third kappa shape index (κ3) is 5.14. The van der Waals surface area contributed by atoms with Crippen LogP contribution in [0.15, 0.2) is 24.3 Å². The van der Waals surface area contributed by atoms with Crippen molar-refractivity contribution in [1.82, 2.24) is 0 Å². The van der Waals surface area contributed by atoms with Crippen LogP contribution in [0.4, 0.5) is 0 Å². The second-order valence-electron chi connectivity index (χ2n) is 4.36. The van der Waals surface area contributed by atoms with E-state index >= 15 is 0 Å². The van der Waals surface area contributed by atoms with Gasteiger partial charge in [-0.15, -0.1) is 0 Å². The van der Waals surface area contributed by atoms with Gasteiger partial charge in [0.25, 0.3) is 0 Å². The van der Waals surface area contributed by atoms with Crippen LogP contribution in [0, 0.1) is 0 Å². The van der Waals surface area contributed by atoms with E-state index in [0.29, 0.717) is 11.1 Å². The Morgan fingerprint density at radius 2 is 1.22 bits per heavy atom. The molecule has 2 atom stereocenters. The molecule has 0 amide bonds. The molecule has 0 saturated heterocycles. The van der Waals surface area contributed by atoms with E-state index in [2.05, 4.69) is 13.2 Å². The Hall–Kier alpha value is -1.62. The van der Waals surface area contributed by atoms with Crippen LogP contribution >= 0.6 is 0 Å². The molecule has 0 aromatic heterocycles. The Kier molecular flexibility index (Phi) is 6.33. The highest BCUT2D eigenvalue weighted by molar-refractivity contribution is 5.87. The number of ether oxygens (including phenoxy) is 2. The van der Waals surface area contributed by atoms with Crippen molar-refractivity contribution in [2.75, 3.05) is 0 Å². The zero-order valence-electron chi connectivity index (χ0n) is 11.4. The largest absolute Gasteiger partial charge is 0.458 e. The van der Waals surface area contributed by atoms with Crippen LogP contribution in [-0.4, -0.2) is 30.2 Å². The van der Waals surface area contributed by atoms with E-state index < -0.39 is 30.2 Å². The van der Waals surface area contributed by atoms with E-state index in [1.54, 1.807) is 27.7 Å². The van der Waals surface area contributed by atoms with Gasteiger partial charge in [-0.25, -0.2) is 9.59 Å². The normalized spacial score (nSPS) is 15.2. The molecule has 102 valence electrons. The maximum atomic E-state index is 11.3. The van der Waals surface area contributed by atoms with Gasteiger partial charge in [-0.2, -0.15) is 0 Å². The topological polar surface area (TPSA) is 78.6 Å². The molecule has 5 heteroatoms. The molecule has 2 N–H and O–H groups in total. The molecule has 0 radical (unpaired) electrons. The first-order chi connectivity index (χ1) is 8.16. The van der Waals surface area contributed by atoms with E-state index in [1.165, 1.54) is 0 Å². The molecule has 0 fully saturated rings. The molecule has 0 rings (SSSR count). The first-order valence-corrected chi connectivity index (χ1v) is 5.65. The van der Waals surface area contributed by atoms with Gasteiger partial charge in [0, 0.05) is 11.1 Å². The lowest BCUT2D eigenvalue weighted by atomic mass is 10.1. The van der Waals surface area contributed by atoms with Crippen molar-refractivity contribution in [2.45, 2.75) is 45.9 Å². The summed E-state index contributed by atoms with van der Waals surface area (Å²) in [7, 11) is 0. The number of hydrogen-bond acceptors (Lipinski definition) is 5. The van der Waals surface area contributed by atoms with Gasteiger partial charge in [0.2, 0.25) is 0 Å².